The number of fused-ring (bicyclic) bond motifs is 1. The van der Waals surface area contributed by atoms with Gasteiger partial charge in [0.05, 0.1) is 12.3 Å². The number of primary amides is 1. The Morgan fingerprint density at radius 3 is 2.75 bits per heavy atom. The molecule has 4 heterocycles. The second kappa shape index (κ2) is 9.63. The first kappa shape index (κ1) is 21.5. The van der Waals surface area contributed by atoms with E-state index in [1.54, 1.807) is 24.5 Å². The van der Waals surface area contributed by atoms with Crippen LogP contribution >= 0.6 is 0 Å². The van der Waals surface area contributed by atoms with Gasteiger partial charge >= 0.3 is 0 Å². The van der Waals surface area contributed by atoms with Crippen LogP contribution in [0, 0.1) is 12.9 Å². The maximum absolute atomic E-state index is 14.2. The molecular weight excluding hydrogens is 413 g/mol. The molecule has 4 rings (SSSR count). The zero-order valence-corrected chi connectivity index (χ0v) is 17.8. The summed E-state index contributed by atoms with van der Waals surface area (Å²) in [5.74, 6) is 0.955. The van der Waals surface area contributed by atoms with Gasteiger partial charge in [-0.3, -0.25) is 4.79 Å². The molecule has 166 valence electrons. The minimum atomic E-state index is -0.607. The predicted molar refractivity (Wildman–Crippen MR) is 115 cm³/mol. The number of aryl methyl sites for hydroxylation is 1. The standard InChI is InChI=1S/C22H24FN7O2/c1-14-16-13-30(9-6-17(16)28-22(27-14)21-25-7-4-8-26-21)20-12-15(11-18(23)29-20)32-10-3-2-5-19(24)31/h4,7-8,11-12H,2-3,5-6,9-10,13H2,1H3,(H2,24,31). The predicted octanol–water partition coefficient (Wildman–Crippen LogP) is 2.37. The minimum Gasteiger partial charge on any atom is -0.493 e. The highest BCUT2D eigenvalue weighted by Gasteiger charge is 2.23. The minimum absolute atomic E-state index is 0.312. The van der Waals surface area contributed by atoms with Gasteiger partial charge in [-0.25, -0.2) is 24.9 Å². The van der Waals surface area contributed by atoms with Crippen molar-refractivity contribution in [3.63, 3.8) is 0 Å². The highest BCUT2D eigenvalue weighted by atomic mass is 19.1. The van der Waals surface area contributed by atoms with Crippen molar-refractivity contribution in [3.8, 4) is 17.4 Å². The molecule has 1 amide bonds. The van der Waals surface area contributed by atoms with Gasteiger partial charge < -0.3 is 15.4 Å². The summed E-state index contributed by atoms with van der Waals surface area (Å²) in [5, 5.41) is 0. The fourth-order valence-corrected chi connectivity index (χ4v) is 3.59. The number of aromatic nitrogens is 5. The zero-order chi connectivity index (χ0) is 22.5. The van der Waals surface area contributed by atoms with Gasteiger partial charge in [0, 0.05) is 61.7 Å². The van der Waals surface area contributed by atoms with E-state index < -0.39 is 5.95 Å². The van der Waals surface area contributed by atoms with Crippen LogP contribution in [0.15, 0.2) is 30.6 Å². The van der Waals surface area contributed by atoms with Crippen LogP contribution in [0.3, 0.4) is 0 Å². The summed E-state index contributed by atoms with van der Waals surface area (Å²) in [5.41, 5.74) is 7.91. The van der Waals surface area contributed by atoms with E-state index in [9.17, 15) is 9.18 Å². The van der Waals surface area contributed by atoms with Gasteiger partial charge in [-0.2, -0.15) is 4.39 Å². The normalized spacial score (nSPS) is 13.0. The molecule has 0 unspecified atom stereocenters. The lowest BCUT2D eigenvalue weighted by atomic mass is 10.0. The van der Waals surface area contributed by atoms with Crippen LogP contribution in [0.1, 0.15) is 36.2 Å². The third-order valence-electron chi connectivity index (χ3n) is 5.20. The summed E-state index contributed by atoms with van der Waals surface area (Å²) >= 11 is 0. The molecular formula is C22H24FN7O2. The Hall–Kier alpha value is -3.69. The Morgan fingerprint density at radius 1 is 1.16 bits per heavy atom. The van der Waals surface area contributed by atoms with Crippen LogP contribution in [0.4, 0.5) is 10.2 Å². The first-order chi connectivity index (χ1) is 15.5. The quantitative estimate of drug-likeness (QED) is 0.421. The molecule has 2 N–H and O–H groups in total. The number of ether oxygens (including phenoxy) is 1. The second-order valence-corrected chi connectivity index (χ2v) is 7.56. The second-order valence-electron chi connectivity index (χ2n) is 7.56. The van der Waals surface area contributed by atoms with Crippen LogP contribution in [-0.4, -0.2) is 44.0 Å². The average molecular weight is 437 g/mol. The maximum Gasteiger partial charge on any atom is 0.218 e. The van der Waals surface area contributed by atoms with Crippen molar-refractivity contribution in [1.82, 2.24) is 24.9 Å². The van der Waals surface area contributed by atoms with Gasteiger partial charge in [0.2, 0.25) is 11.9 Å². The van der Waals surface area contributed by atoms with Crippen molar-refractivity contribution in [3.05, 3.63) is 53.5 Å². The average Bonchev–Trinajstić information content (AvgIpc) is 2.78. The largest absolute Gasteiger partial charge is 0.493 e. The third kappa shape index (κ3) is 5.13. The van der Waals surface area contributed by atoms with Crippen molar-refractivity contribution < 1.29 is 13.9 Å². The molecule has 10 heteroatoms. The van der Waals surface area contributed by atoms with Gasteiger partial charge in [-0.15, -0.1) is 0 Å². The van der Waals surface area contributed by atoms with E-state index in [1.807, 2.05) is 11.8 Å². The SMILES string of the molecule is Cc1nc(-c2ncccn2)nc2c1CN(c1cc(OCCCCC(N)=O)cc(F)n1)CC2. The van der Waals surface area contributed by atoms with Crippen LogP contribution in [-0.2, 0) is 17.8 Å². The fourth-order valence-electron chi connectivity index (χ4n) is 3.59. The summed E-state index contributed by atoms with van der Waals surface area (Å²) < 4.78 is 19.8. The molecule has 0 bridgehead atoms. The van der Waals surface area contributed by atoms with Crippen molar-refractivity contribution in [1.29, 1.82) is 0 Å². The lowest BCUT2D eigenvalue weighted by Crippen LogP contribution is -2.33. The van der Waals surface area contributed by atoms with Gasteiger partial charge in [0.1, 0.15) is 11.6 Å². The molecule has 3 aromatic heterocycles. The first-order valence-electron chi connectivity index (χ1n) is 10.5. The lowest BCUT2D eigenvalue weighted by molar-refractivity contribution is -0.118. The van der Waals surface area contributed by atoms with Gasteiger partial charge in [0.25, 0.3) is 0 Å². The van der Waals surface area contributed by atoms with Gasteiger partial charge in [-0.05, 0) is 25.8 Å². The molecule has 0 atom stereocenters. The van der Waals surface area contributed by atoms with Crippen molar-refractivity contribution in [2.45, 2.75) is 39.2 Å². The number of nitrogens with zero attached hydrogens (tertiary/aromatic N) is 6. The smallest absolute Gasteiger partial charge is 0.218 e. The number of hydrogen-bond acceptors (Lipinski definition) is 8. The van der Waals surface area contributed by atoms with E-state index >= 15 is 0 Å². The fraction of sp³-hybridized carbons (Fsp3) is 0.364. The number of rotatable bonds is 8. The van der Waals surface area contributed by atoms with E-state index in [4.69, 9.17) is 10.5 Å². The van der Waals surface area contributed by atoms with Crippen molar-refractivity contribution in [2.75, 3.05) is 18.1 Å². The maximum atomic E-state index is 14.2. The van der Waals surface area contributed by atoms with Crippen molar-refractivity contribution in [2.24, 2.45) is 5.73 Å². The topological polar surface area (TPSA) is 120 Å². The number of hydrogen-bond donors (Lipinski definition) is 1. The number of anilines is 1. The molecule has 0 aliphatic carbocycles. The van der Waals surface area contributed by atoms with Crippen LogP contribution in [0.2, 0.25) is 0 Å². The highest BCUT2D eigenvalue weighted by Crippen LogP contribution is 2.28. The van der Waals surface area contributed by atoms with Crippen LogP contribution in [0.25, 0.3) is 11.6 Å². The number of pyridine rings is 1. The molecule has 1 aliphatic heterocycles. The van der Waals surface area contributed by atoms with Gasteiger partial charge in [0.15, 0.2) is 11.6 Å². The lowest BCUT2D eigenvalue weighted by Gasteiger charge is -2.30. The zero-order valence-electron chi connectivity index (χ0n) is 17.8. The Kier molecular flexibility index (Phi) is 6.48. The molecule has 32 heavy (non-hydrogen) atoms. The van der Waals surface area contributed by atoms with Gasteiger partial charge in [-0.1, -0.05) is 0 Å². The summed E-state index contributed by atoms with van der Waals surface area (Å²) in [6.07, 6.45) is 5.59. The third-order valence-corrected chi connectivity index (χ3v) is 5.20. The number of carbonyl (C=O) groups is 1. The highest BCUT2D eigenvalue weighted by molar-refractivity contribution is 5.73. The molecule has 0 saturated carbocycles. The van der Waals surface area contributed by atoms with Crippen LogP contribution < -0.4 is 15.4 Å². The number of amides is 1. The van der Waals surface area contributed by atoms with E-state index in [0.29, 0.717) is 68.6 Å². The number of nitrogens with two attached hydrogens (primary N) is 1. The van der Waals surface area contributed by atoms with Crippen molar-refractivity contribution >= 4 is 11.7 Å². The first-order valence-corrected chi connectivity index (χ1v) is 10.5. The molecule has 0 fully saturated rings. The molecule has 3 aromatic rings. The van der Waals surface area contributed by atoms with E-state index in [2.05, 4.69) is 24.9 Å². The number of halogens is 1. The Morgan fingerprint density at radius 2 is 1.97 bits per heavy atom. The summed E-state index contributed by atoms with van der Waals surface area (Å²) in [4.78, 5) is 34.5. The monoisotopic (exact) mass is 437 g/mol. The molecule has 0 aromatic carbocycles. The number of unbranched alkanes of at least 4 members (excludes halogenated alkanes) is 1. The summed E-state index contributed by atoms with van der Waals surface area (Å²) in [6.45, 7) is 3.45. The number of carbonyl (C=O) groups excluding carboxylic acids is 1. The molecule has 0 spiro atoms. The Bertz CT molecular complexity index is 1110. The molecule has 0 radical (unpaired) electrons. The van der Waals surface area contributed by atoms with Crippen LogP contribution in [0.5, 0.6) is 5.75 Å². The molecule has 0 saturated heterocycles. The Labute approximate surface area is 184 Å². The summed E-state index contributed by atoms with van der Waals surface area (Å²) in [6, 6.07) is 4.73. The summed E-state index contributed by atoms with van der Waals surface area (Å²) in [7, 11) is 0. The Balaban J connectivity index is 1.47. The van der Waals surface area contributed by atoms with E-state index in [0.717, 1.165) is 17.0 Å². The van der Waals surface area contributed by atoms with E-state index in [-0.39, 0.29) is 5.91 Å². The molecule has 1 aliphatic rings. The molecule has 9 nitrogen and oxygen atoms in total. The van der Waals surface area contributed by atoms with E-state index in [1.165, 1.54) is 6.07 Å².